The standard InChI is InChI=1S/C13H14F2N2O3/c1-8(18)10-4-2-3-7-16(10)13-11(17(19)20)6-5-9(14)12(13)15/h5-6,10H,2-4,7H2,1H3. The summed E-state index contributed by atoms with van der Waals surface area (Å²) >= 11 is 0. The molecule has 0 saturated carbocycles. The quantitative estimate of drug-likeness (QED) is 0.632. The van der Waals surface area contributed by atoms with Gasteiger partial charge in [0.1, 0.15) is 0 Å². The van der Waals surface area contributed by atoms with Crippen molar-refractivity contribution in [2.75, 3.05) is 11.4 Å². The first-order chi connectivity index (χ1) is 9.43. The van der Waals surface area contributed by atoms with E-state index in [1.165, 1.54) is 11.8 Å². The van der Waals surface area contributed by atoms with Crippen LogP contribution in [0.5, 0.6) is 0 Å². The summed E-state index contributed by atoms with van der Waals surface area (Å²) in [6.45, 7) is 1.65. The molecule has 5 nitrogen and oxygen atoms in total. The third-order valence-electron chi connectivity index (χ3n) is 3.50. The average molecular weight is 284 g/mol. The van der Waals surface area contributed by atoms with Crippen molar-refractivity contribution < 1.29 is 18.5 Å². The molecule has 1 saturated heterocycles. The number of piperidine rings is 1. The highest BCUT2D eigenvalue weighted by Gasteiger charge is 2.34. The number of benzene rings is 1. The summed E-state index contributed by atoms with van der Waals surface area (Å²) in [5.74, 6) is -2.63. The Morgan fingerprint density at radius 3 is 2.70 bits per heavy atom. The maximum Gasteiger partial charge on any atom is 0.295 e. The predicted molar refractivity (Wildman–Crippen MR) is 68.7 cm³/mol. The highest BCUT2D eigenvalue weighted by Crippen LogP contribution is 2.36. The van der Waals surface area contributed by atoms with E-state index in [0.717, 1.165) is 18.6 Å². The fourth-order valence-electron chi connectivity index (χ4n) is 2.57. The normalized spacial score (nSPS) is 18.9. The van der Waals surface area contributed by atoms with Crippen LogP contribution in [-0.2, 0) is 4.79 Å². The highest BCUT2D eigenvalue weighted by atomic mass is 19.2. The van der Waals surface area contributed by atoms with Crippen molar-refractivity contribution >= 4 is 17.2 Å². The molecule has 2 rings (SSSR count). The van der Waals surface area contributed by atoms with Crippen molar-refractivity contribution in [3.63, 3.8) is 0 Å². The minimum Gasteiger partial charge on any atom is -0.353 e. The largest absolute Gasteiger partial charge is 0.353 e. The van der Waals surface area contributed by atoms with E-state index < -0.39 is 34.0 Å². The van der Waals surface area contributed by atoms with Gasteiger partial charge in [-0.3, -0.25) is 14.9 Å². The molecule has 0 radical (unpaired) electrons. The Balaban J connectivity index is 2.56. The lowest BCUT2D eigenvalue weighted by molar-refractivity contribution is -0.384. The van der Waals surface area contributed by atoms with E-state index in [0.29, 0.717) is 19.4 Å². The Hall–Kier alpha value is -2.05. The van der Waals surface area contributed by atoms with Crippen LogP contribution in [0.3, 0.4) is 0 Å². The summed E-state index contributed by atoms with van der Waals surface area (Å²) in [5.41, 5.74) is -0.938. The predicted octanol–water partition coefficient (Wildman–Crippen LogP) is 2.82. The lowest BCUT2D eigenvalue weighted by atomic mass is 9.98. The number of rotatable bonds is 3. The summed E-state index contributed by atoms with van der Waals surface area (Å²) < 4.78 is 27.4. The molecule has 1 fully saturated rings. The number of Topliss-reactive ketones (excluding diaryl/α,β-unsaturated/α-hetero) is 1. The van der Waals surface area contributed by atoms with Gasteiger partial charge in [0.25, 0.3) is 5.69 Å². The molecule has 1 aromatic rings. The molecule has 1 atom stereocenters. The maximum atomic E-state index is 14.0. The molecule has 0 aliphatic carbocycles. The van der Waals surface area contributed by atoms with E-state index in [9.17, 15) is 23.7 Å². The molecule has 0 N–H and O–H groups in total. The van der Waals surface area contributed by atoms with Crippen LogP contribution >= 0.6 is 0 Å². The highest BCUT2D eigenvalue weighted by molar-refractivity contribution is 5.86. The summed E-state index contributed by atoms with van der Waals surface area (Å²) in [6, 6.07) is 1.02. The summed E-state index contributed by atoms with van der Waals surface area (Å²) in [4.78, 5) is 23.2. The van der Waals surface area contributed by atoms with Crippen LogP contribution < -0.4 is 4.90 Å². The third kappa shape index (κ3) is 2.48. The van der Waals surface area contributed by atoms with Crippen molar-refractivity contribution in [3.05, 3.63) is 33.9 Å². The van der Waals surface area contributed by atoms with Gasteiger partial charge in [-0.2, -0.15) is 0 Å². The molecule has 108 valence electrons. The van der Waals surface area contributed by atoms with Crippen LogP contribution in [0.1, 0.15) is 26.2 Å². The Morgan fingerprint density at radius 1 is 1.40 bits per heavy atom. The van der Waals surface area contributed by atoms with Crippen LogP contribution in [0.2, 0.25) is 0 Å². The zero-order chi connectivity index (χ0) is 14.9. The maximum absolute atomic E-state index is 14.0. The van der Waals surface area contributed by atoms with Gasteiger partial charge in [-0.05, 0) is 32.3 Å². The fourth-order valence-corrected chi connectivity index (χ4v) is 2.57. The average Bonchev–Trinajstić information content (AvgIpc) is 2.41. The Labute approximate surface area is 114 Å². The molecule has 1 aliphatic rings. The fraction of sp³-hybridized carbons (Fsp3) is 0.462. The number of halogens is 2. The van der Waals surface area contributed by atoms with Crippen molar-refractivity contribution in [3.8, 4) is 0 Å². The third-order valence-corrected chi connectivity index (χ3v) is 3.50. The minimum absolute atomic E-state index is 0.206. The van der Waals surface area contributed by atoms with Gasteiger partial charge >= 0.3 is 0 Å². The number of carbonyl (C=O) groups is 1. The zero-order valence-electron chi connectivity index (χ0n) is 10.9. The second-order valence-corrected chi connectivity index (χ2v) is 4.80. The van der Waals surface area contributed by atoms with E-state index in [4.69, 9.17) is 0 Å². The van der Waals surface area contributed by atoms with Gasteiger partial charge in [0, 0.05) is 12.6 Å². The van der Waals surface area contributed by atoms with Crippen molar-refractivity contribution in [2.45, 2.75) is 32.2 Å². The number of hydrogen-bond acceptors (Lipinski definition) is 4. The van der Waals surface area contributed by atoms with Gasteiger partial charge in [0.05, 0.1) is 11.0 Å². The number of nitrogens with zero attached hydrogens (tertiary/aromatic N) is 2. The lowest BCUT2D eigenvalue weighted by Crippen LogP contribution is -2.44. The Morgan fingerprint density at radius 2 is 2.10 bits per heavy atom. The van der Waals surface area contributed by atoms with Gasteiger partial charge in [-0.25, -0.2) is 8.78 Å². The molecule has 1 heterocycles. The van der Waals surface area contributed by atoms with Crippen LogP contribution in [0, 0.1) is 21.7 Å². The van der Waals surface area contributed by atoms with Gasteiger partial charge in [0.2, 0.25) is 0 Å². The summed E-state index contributed by atoms with van der Waals surface area (Å²) in [7, 11) is 0. The minimum atomic E-state index is -1.27. The smallest absolute Gasteiger partial charge is 0.295 e. The van der Waals surface area contributed by atoms with Gasteiger partial charge in [0.15, 0.2) is 23.1 Å². The molecule has 20 heavy (non-hydrogen) atoms. The first kappa shape index (κ1) is 14.4. The SMILES string of the molecule is CC(=O)C1CCCCN1c1c([N+](=O)[O-])ccc(F)c1F. The van der Waals surface area contributed by atoms with E-state index in [1.807, 2.05) is 0 Å². The number of anilines is 1. The van der Waals surface area contributed by atoms with Crippen LogP contribution in [0.15, 0.2) is 12.1 Å². The van der Waals surface area contributed by atoms with Crippen molar-refractivity contribution in [1.29, 1.82) is 0 Å². The van der Waals surface area contributed by atoms with Crippen LogP contribution in [0.4, 0.5) is 20.2 Å². The van der Waals surface area contributed by atoms with Crippen LogP contribution in [0.25, 0.3) is 0 Å². The lowest BCUT2D eigenvalue weighted by Gasteiger charge is -2.35. The Kier molecular flexibility index (Phi) is 3.96. The van der Waals surface area contributed by atoms with E-state index in [2.05, 4.69) is 0 Å². The van der Waals surface area contributed by atoms with E-state index in [-0.39, 0.29) is 5.78 Å². The van der Waals surface area contributed by atoms with Crippen molar-refractivity contribution in [1.82, 2.24) is 0 Å². The molecule has 1 aromatic carbocycles. The molecule has 7 heteroatoms. The zero-order valence-corrected chi connectivity index (χ0v) is 10.9. The van der Waals surface area contributed by atoms with Gasteiger partial charge in [-0.15, -0.1) is 0 Å². The molecule has 1 unspecified atom stereocenters. The van der Waals surface area contributed by atoms with Gasteiger partial charge in [-0.1, -0.05) is 0 Å². The van der Waals surface area contributed by atoms with E-state index in [1.54, 1.807) is 0 Å². The van der Waals surface area contributed by atoms with E-state index >= 15 is 0 Å². The molecular formula is C13H14F2N2O3. The molecule has 0 aromatic heterocycles. The number of carbonyl (C=O) groups excluding carboxylic acids is 1. The van der Waals surface area contributed by atoms with Crippen molar-refractivity contribution in [2.24, 2.45) is 0 Å². The molecule has 0 bridgehead atoms. The number of hydrogen-bond donors (Lipinski definition) is 0. The van der Waals surface area contributed by atoms with Crippen LogP contribution in [-0.4, -0.2) is 23.3 Å². The second kappa shape index (κ2) is 5.52. The molecular weight excluding hydrogens is 270 g/mol. The molecule has 1 aliphatic heterocycles. The second-order valence-electron chi connectivity index (χ2n) is 4.80. The summed E-state index contributed by atoms with van der Waals surface area (Å²) in [6.07, 6.45) is 1.95. The number of nitro groups is 1. The molecule has 0 spiro atoms. The first-order valence-electron chi connectivity index (χ1n) is 6.33. The molecule has 0 amide bonds. The first-order valence-corrected chi connectivity index (χ1v) is 6.33. The number of ketones is 1. The van der Waals surface area contributed by atoms with Gasteiger partial charge < -0.3 is 4.90 Å². The topological polar surface area (TPSA) is 63.5 Å². The summed E-state index contributed by atoms with van der Waals surface area (Å²) in [5, 5.41) is 11.0. The Bertz CT molecular complexity index is 563. The monoisotopic (exact) mass is 284 g/mol. The number of nitro benzene ring substituents is 1.